The van der Waals surface area contributed by atoms with Crippen LogP contribution in [0.4, 0.5) is 8.78 Å². The minimum absolute atomic E-state index is 0.00463. The van der Waals surface area contributed by atoms with Gasteiger partial charge in [0, 0.05) is 0 Å². The van der Waals surface area contributed by atoms with Crippen LogP contribution < -0.4 is 0 Å². The zero-order valence-corrected chi connectivity index (χ0v) is 5.16. The van der Waals surface area contributed by atoms with Crippen LogP contribution in [-0.2, 0) is 0 Å². The third-order valence-corrected chi connectivity index (χ3v) is 1.12. The van der Waals surface area contributed by atoms with Gasteiger partial charge in [-0.1, -0.05) is 0 Å². The number of halogens is 2. The molecule has 0 amide bonds. The van der Waals surface area contributed by atoms with Gasteiger partial charge in [0.1, 0.15) is 11.5 Å². The van der Waals surface area contributed by atoms with Crippen molar-refractivity contribution in [1.29, 1.82) is 0 Å². The highest BCUT2D eigenvalue weighted by Gasteiger charge is 2.12. The van der Waals surface area contributed by atoms with E-state index < -0.39 is 11.6 Å². The summed E-state index contributed by atoms with van der Waals surface area (Å²) in [7, 11) is 0. The summed E-state index contributed by atoms with van der Waals surface area (Å²) in [6, 6.07) is 0. The third-order valence-electron chi connectivity index (χ3n) is 1.12. The number of rotatable bonds is 0. The number of hydrogen-bond acceptors (Lipinski definition) is 1. The lowest BCUT2D eigenvalue weighted by Crippen LogP contribution is -1.76. The number of aryl methyl sites for hydroxylation is 2. The Bertz CT molecular complexity index is 205. The zero-order chi connectivity index (χ0) is 7.02. The van der Waals surface area contributed by atoms with E-state index in [2.05, 4.69) is 4.42 Å². The second-order valence-electron chi connectivity index (χ2n) is 1.84. The predicted molar refractivity (Wildman–Crippen MR) is 28.1 cm³/mol. The second-order valence-corrected chi connectivity index (χ2v) is 1.84. The fraction of sp³-hybridized carbons (Fsp3) is 0.333. The summed E-state index contributed by atoms with van der Waals surface area (Å²) in [5, 5.41) is 0. The van der Waals surface area contributed by atoms with Crippen LogP contribution in [0, 0.1) is 25.5 Å². The van der Waals surface area contributed by atoms with Crippen molar-refractivity contribution in [2.75, 3.05) is 0 Å². The standard InChI is InChI=1S/C6H6F2O/c1-3-5(7)6(8)4(2)9-3/h1-2H3. The van der Waals surface area contributed by atoms with Crippen LogP contribution in [0.3, 0.4) is 0 Å². The maximum Gasteiger partial charge on any atom is 0.200 e. The molecule has 3 heteroatoms. The van der Waals surface area contributed by atoms with Gasteiger partial charge in [-0.05, 0) is 13.8 Å². The summed E-state index contributed by atoms with van der Waals surface area (Å²) in [6.45, 7) is 2.76. The summed E-state index contributed by atoms with van der Waals surface area (Å²) < 4.78 is 29.2. The van der Waals surface area contributed by atoms with Gasteiger partial charge in [-0.2, -0.15) is 8.78 Å². The molecule has 1 nitrogen and oxygen atoms in total. The van der Waals surface area contributed by atoms with E-state index in [0.29, 0.717) is 0 Å². The summed E-state index contributed by atoms with van der Waals surface area (Å²) in [6.07, 6.45) is 0. The van der Waals surface area contributed by atoms with E-state index in [1.165, 1.54) is 13.8 Å². The molecule has 0 atom stereocenters. The first-order valence-electron chi connectivity index (χ1n) is 2.54. The van der Waals surface area contributed by atoms with Crippen LogP contribution in [0.15, 0.2) is 4.42 Å². The maximum atomic E-state index is 12.3. The molecule has 1 aromatic heterocycles. The molecule has 0 N–H and O–H groups in total. The zero-order valence-electron chi connectivity index (χ0n) is 5.16. The monoisotopic (exact) mass is 132 g/mol. The number of hydrogen-bond donors (Lipinski definition) is 0. The minimum Gasteiger partial charge on any atom is -0.460 e. The minimum atomic E-state index is -0.882. The first kappa shape index (κ1) is 6.26. The van der Waals surface area contributed by atoms with Crippen LogP contribution in [0.2, 0.25) is 0 Å². The SMILES string of the molecule is Cc1oc(C)c(F)c1F. The molecule has 1 heterocycles. The highest BCUT2D eigenvalue weighted by Crippen LogP contribution is 2.16. The molecule has 50 valence electrons. The van der Waals surface area contributed by atoms with Gasteiger partial charge < -0.3 is 4.42 Å². The molecule has 0 bridgehead atoms. The van der Waals surface area contributed by atoms with Gasteiger partial charge in [0.2, 0.25) is 0 Å². The van der Waals surface area contributed by atoms with Gasteiger partial charge in [0.25, 0.3) is 0 Å². The van der Waals surface area contributed by atoms with E-state index in [1.807, 2.05) is 0 Å². The number of furan rings is 1. The molecular formula is C6H6F2O. The van der Waals surface area contributed by atoms with Gasteiger partial charge in [0.15, 0.2) is 11.6 Å². The topological polar surface area (TPSA) is 13.1 Å². The molecule has 1 rings (SSSR count). The Morgan fingerprint density at radius 3 is 1.44 bits per heavy atom. The highest BCUT2D eigenvalue weighted by molar-refractivity contribution is 5.10. The lowest BCUT2D eigenvalue weighted by molar-refractivity contribution is 0.475. The lowest BCUT2D eigenvalue weighted by Gasteiger charge is -1.76. The average molecular weight is 132 g/mol. The normalized spacial score (nSPS) is 10.2. The molecule has 1 aromatic rings. The van der Waals surface area contributed by atoms with Gasteiger partial charge in [-0.25, -0.2) is 0 Å². The molecule has 0 unspecified atom stereocenters. The summed E-state index contributed by atoms with van der Waals surface area (Å²) in [4.78, 5) is 0. The van der Waals surface area contributed by atoms with E-state index in [-0.39, 0.29) is 11.5 Å². The van der Waals surface area contributed by atoms with E-state index in [1.54, 1.807) is 0 Å². The average Bonchev–Trinajstić information content (AvgIpc) is 1.98. The fourth-order valence-electron chi connectivity index (χ4n) is 0.628. The van der Waals surface area contributed by atoms with Crippen LogP contribution in [0.25, 0.3) is 0 Å². The van der Waals surface area contributed by atoms with Crippen LogP contribution in [0.5, 0.6) is 0 Å². The molecule has 0 radical (unpaired) electrons. The molecule has 0 aliphatic heterocycles. The highest BCUT2D eigenvalue weighted by atomic mass is 19.2. The smallest absolute Gasteiger partial charge is 0.200 e. The van der Waals surface area contributed by atoms with Crippen molar-refractivity contribution in [2.45, 2.75) is 13.8 Å². The van der Waals surface area contributed by atoms with Gasteiger partial charge in [0.05, 0.1) is 0 Å². The van der Waals surface area contributed by atoms with Crippen molar-refractivity contribution in [3.05, 3.63) is 23.2 Å². The quantitative estimate of drug-likeness (QED) is 0.527. The molecule has 0 saturated heterocycles. The fourth-order valence-corrected chi connectivity index (χ4v) is 0.628. The first-order valence-corrected chi connectivity index (χ1v) is 2.54. The lowest BCUT2D eigenvalue weighted by atomic mass is 10.4. The summed E-state index contributed by atoms with van der Waals surface area (Å²) in [5.74, 6) is -1.75. The maximum absolute atomic E-state index is 12.3. The van der Waals surface area contributed by atoms with E-state index >= 15 is 0 Å². The Morgan fingerprint density at radius 2 is 1.33 bits per heavy atom. The van der Waals surface area contributed by atoms with Crippen molar-refractivity contribution >= 4 is 0 Å². The molecule has 9 heavy (non-hydrogen) atoms. The largest absolute Gasteiger partial charge is 0.460 e. The van der Waals surface area contributed by atoms with Crippen LogP contribution in [0.1, 0.15) is 11.5 Å². The van der Waals surface area contributed by atoms with Gasteiger partial charge in [-0.3, -0.25) is 0 Å². The Hall–Kier alpha value is -0.860. The van der Waals surface area contributed by atoms with Crippen molar-refractivity contribution in [2.24, 2.45) is 0 Å². The second kappa shape index (κ2) is 1.83. The van der Waals surface area contributed by atoms with Crippen LogP contribution in [-0.4, -0.2) is 0 Å². The van der Waals surface area contributed by atoms with Crippen molar-refractivity contribution in [3.63, 3.8) is 0 Å². The van der Waals surface area contributed by atoms with Crippen molar-refractivity contribution in [3.8, 4) is 0 Å². The van der Waals surface area contributed by atoms with Crippen molar-refractivity contribution < 1.29 is 13.2 Å². The van der Waals surface area contributed by atoms with E-state index in [4.69, 9.17) is 0 Å². The molecule has 0 spiro atoms. The Kier molecular flexibility index (Phi) is 1.27. The molecule has 0 fully saturated rings. The summed E-state index contributed by atoms with van der Waals surface area (Å²) in [5.41, 5.74) is 0. The van der Waals surface area contributed by atoms with Gasteiger partial charge >= 0.3 is 0 Å². The Balaban J connectivity index is 3.29. The van der Waals surface area contributed by atoms with E-state index in [0.717, 1.165) is 0 Å². The summed E-state index contributed by atoms with van der Waals surface area (Å²) >= 11 is 0. The molecule has 0 aromatic carbocycles. The van der Waals surface area contributed by atoms with Gasteiger partial charge in [-0.15, -0.1) is 0 Å². The molecule has 0 saturated carbocycles. The molecular weight excluding hydrogens is 126 g/mol. The Labute approximate surface area is 51.3 Å². The van der Waals surface area contributed by atoms with Crippen molar-refractivity contribution in [1.82, 2.24) is 0 Å². The van der Waals surface area contributed by atoms with Crippen LogP contribution >= 0.6 is 0 Å². The first-order chi connectivity index (χ1) is 4.13. The predicted octanol–water partition coefficient (Wildman–Crippen LogP) is 2.17. The Morgan fingerprint density at radius 1 is 1.00 bits per heavy atom. The van der Waals surface area contributed by atoms with E-state index in [9.17, 15) is 8.78 Å². The molecule has 0 aliphatic rings. The third kappa shape index (κ3) is 0.823. The molecule has 0 aliphatic carbocycles.